The Balaban J connectivity index is 1.03. The van der Waals surface area contributed by atoms with E-state index in [9.17, 15) is 4.39 Å². The van der Waals surface area contributed by atoms with Crippen LogP contribution in [-0.2, 0) is 0 Å². The van der Waals surface area contributed by atoms with Gasteiger partial charge in [-0.15, -0.1) is 0 Å². The minimum atomic E-state index is -0.235. The maximum Gasteiger partial charge on any atom is 0.123 e. The normalized spacial score (nSPS) is 11.4. The van der Waals surface area contributed by atoms with Crippen molar-refractivity contribution < 1.29 is 4.39 Å². The third-order valence-corrected chi connectivity index (χ3v) is 10.7. The number of fused-ring (bicyclic) bond motifs is 4. The molecule has 55 heavy (non-hydrogen) atoms. The van der Waals surface area contributed by atoms with E-state index in [1.54, 1.807) is 0 Å². The van der Waals surface area contributed by atoms with Gasteiger partial charge in [0.1, 0.15) is 5.82 Å². The van der Waals surface area contributed by atoms with Gasteiger partial charge in [-0.3, -0.25) is 0 Å². The SMILES string of the molecule is Fc1ccc(-c2ccc(N(c3ccc(-c4ccc5ccccc5c4)cc3)c3ccc(-c4ccc5c(c4)c4ccccc4n5-c4ccccc4)cc3)cc2)cc1. The average Bonchev–Trinajstić information content (AvgIpc) is 3.59. The van der Waals surface area contributed by atoms with E-state index in [0.29, 0.717) is 0 Å². The molecular formula is C52H35FN2. The lowest BCUT2D eigenvalue weighted by Crippen LogP contribution is -2.09. The highest BCUT2D eigenvalue weighted by molar-refractivity contribution is 6.10. The number of nitrogens with zero attached hydrogens (tertiary/aromatic N) is 2. The predicted molar refractivity (Wildman–Crippen MR) is 229 cm³/mol. The Morgan fingerprint density at radius 2 is 0.782 bits per heavy atom. The first kappa shape index (κ1) is 32.4. The molecule has 0 saturated carbocycles. The van der Waals surface area contributed by atoms with Crippen LogP contribution in [0.25, 0.3) is 71.6 Å². The molecule has 0 atom stereocenters. The van der Waals surface area contributed by atoms with Crippen molar-refractivity contribution in [1.29, 1.82) is 0 Å². The molecule has 10 aromatic rings. The van der Waals surface area contributed by atoms with E-state index in [1.807, 2.05) is 12.1 Å². The Morgan fingerprint density at radius 3 is 1.42 bits per heavy atom. The lowest BCUT2D eigenvalue weighted by atomic mass is 10.00. The molecule has 3 heteroatoms. The highest BCUT2D eigenvalue weighted by Gasteiger charge is 2.16. The van der Waals surface area contributed by atoms with Gasteiger partial charge < -0.3 is 9.47 Å². The van der Waals surface area contributed by atoms with Crippen LogP contribution in [-0.4, -0.2) is 4.57 Å². The van der Waals surface area contributed by atoms with Crippen LogP contribution in [0.15, 0.2) is 212 Å². The molecule has 0 aliphatic rings. The van der Waals surface area contributed by atoms with E-state index >= 15 is 0 Å². The molecule has 1 aromatic heterocycles. The first-order chi connectivity index (χ1) is 27.2. The standard InChI is InChI=1S/C52H35FN2/c53-44-25-16-37(17-26-44)38-18-27-46(28-19-38)54(47-29-20-39(21-30-47)42-15-14-36-8-4-5-9-41(36)34-42)48-31-22-40(23-32-48)43-24-33-52-50(35-43)49-12-6-7-13-51(49)55(52)45-10-2-1-3-11-45/h1-35H. The number of hydrogen-bond donors (Lipinski definition) is 0. The van der Waals surface area contributed by atoms with Crippen LogP contribution in [0.5, 0.6) is 0 Å². The summed E-state index contributed by atoms with van der Waals surface area (Å²) in [5, 5.41) is 4.94. The summed E-state index contributed by atoms with van der Waals surface area (Å²) in [5.41, 5.74) is 13.4. The summed E-state index contributed by atoms with van der Waals surface area (Å²) in [7, 11) is 0. The van der Waals surface area contributed by atoms with Crippen LogP contribution in [0.4, 0.5) is 21.5 Å². The van der Waals surface area contributed by atoms with Crippen molar-refractivity contribution in [1.82, 2.24) is 4.57 Å². The molecule has 10 rings (SSSR count). The molecule has 0 bridgehead atoms. The number of benzene rings is 9. The summed E-state index contributed by atoms with van der Waals surface area (Å²) < 4.78 is 16.0. The molecule has 0 fully saturated rings. The monoisotopic (exact) mass is 706 g/mol. The summed E-state index contributed by atoms with van der Waals surface area (Å²) >= 11 is 0. The zero-order valence-corrected chi connectivity index (χ0v) is 30.0. The van der Waals surface area contributed by atoms with E-state index in [4.69, 9.17) is 0 Å². The number of halogens is 1. The number of rotatable bonds is 7. The van der Waals surface area contributed by atoms with Crippen LogP contribution in [0.1, 0.15) is 0 Å². The maximum absolute atomic E-state index is 13.7. The fraction of sp³-hybridized carbons (Fsp3) is 0. The minimum absolute atomic E-state index is 0.235. The maximum atomic E-state index is 13.7. The quantitative estimate of drug-likeness (QED) is 0.160. The molecule has 0 saturated heterocycles. The predicted octanol–water partition coefficient (Wildman–Crippen LogP) is 14.5. The third-order valence-electron chi connectivity index (χ3n) is 10.7. The fourth-order valence-electron chi connectivity index (χ4n) is 7.88. The molecule has 2 nitrogen and oxygen atoms in total. The number of anilines is 3. The third kappa shape index (κ3) is 6.02. The van der Waals surface area contributed by atoms with E-state index < -0.39 is 0 Å². The second-order valence-corrected chi connectivity index (χ2v) is 14.0. The van der Waals surface area contributed by atoms with Crippen LogP contribution >= 0.6 is 0 Å². The molecule has 9 aromatic carbocycles. The number of hydrogen-bond acceptors (Lipinski definition) is 1. The highest BCUT2D eigenvalue weighted by atomic mass is 19.1. The molecule has 0 amide bonds. The largest absolute Gasteiger partial charge is 0.311 e. The minimum Gasteiger partial charge on any atom is -0.311 e. The summed E-state index contributed by atoms with van der Waals surface area (Å²) in [6.07, 6.45) is 0. The summed E-state index contributed by atoms with van der Waals surface area (Å²) in [5.74, 6) is -0.235. The smallest absolute Gasteiger partial charge is 0.123 e. The Labute approximate surface area is 319 Å². The van der Waals surface area contributed by atoms with E-state index in [2.05, 4.69) is 198 Å². The van der Waals surface area contributed by atoms with Crippen molar-refractivity contribution in [3.8, 4) is 39.1 Å². The van der Waals surface area contributed by atoms with Gasteiger partial charge >= 0.3 is 0 Å². The summed E-state index contributed by atoms with van der Waals surface area (Å²) in [6.45, 7) is 0. The molecule has 0 radical (unpaired) electrons. The second kappa shape index (κ2) is 13.6. The summed E-state index contributed by atoms with van der Waals surface area (Å²) in [6, 6.07) is 73.9. The Morgan fingerprint density at radius 1 is 0.327 bits per heavy atom. The Hall–Kier alpha value is -7.23. The Kier molecular flexibility index (Phi) is 8.04. The van der Waals surface area contributed by atoms with Crippen molar-refractivity contribution in [2.24, 2.45) is 0 Å². The topological polar surface area (TPSA) is 8.17 Å². The van der Waals surface area contributed by atoms with Gasteiger partial charge in [0.05, 0.1) is 11.0 Å². The second-order valence-electron chi connectivity index (χ2n) is 14.0. The van der Waals surface area contributed by atoms with E-state index in [-0.39, 0.29) is 5.82 Å². The van der Waals surface area contributed by atoms with Gasteiger partial charge in [-0.1, -0.05) is 127 Å². The van der Waals surface area contributed by atoms with Crippen molar-refractivity contribution >= 4 is 49.6 Å². The zero-order chi connectivity index (χ0) is 36.7. The van der Waals surface area contributed by atoms with Crippen molar-refractivity contribution in [3.05, 3.63) is 218 Å². The first-order valence-electron chi connectivity index (χ1n) is 18.6. The molecular weight excluding hydrogens is 672 g/mol. The van der Waals surface area contributed by atoms with Crippen LogP contribution in [0.3, 0.4) is 0 Å². The summed E-state index contributed by atoms with van der Waals surface area (Å²) in [4.78, 5) is 2.29. The Bertz CT molecular complexity index is 2950. The van der Waals surface area contributed by atoms with Gasteiger partial charge in [0.15, 0.2) is 0 Å². The highest BCUT2D eigenvalue weighted by Crippen LogP contribution is 2.39. The van der Waals surface area contributed by atoms with Gasteiger partial charge in [0, 0.05) is 33.5 Å². The van der Waals surface area contributed by atoms with Crippen molar-refractivity contribution in [3.63, 3.8) is 0 Å². The first-order valence-corrected chi connectivity index (χ1v) is 18.6. The molecule has 0 aliphatic carbocycles. The van der Waals surface area contributed by atoms with Crippen LogP contribution < -0.4 is 4.90 Å². The van der Waals surface area contributed by atoms with Crippen LogP contribution in [0.2, 0.25) is 0 Å². The van der Waals surface area contributed by atoms with Gasteiger partial charge in [-0.2, -0.15) is 0 Å². The van der Waals surface area contributed by atoms with Crippen LogP contribution in [0, 0.1) is 5.82 Å². The van der Waals surface area contributed by atoms with E-state index in [1.165, 1.54) is 61.4 Å². The lowest BCUT2D eigenvalue weighted by Gasteiger charge is -2.26. The zero-order valence-electron chi connectivity index (χ0n) is 30.0. The van der Waals surface area contributed by atoms with Gasteiger partial charge in [0.2, 0.25) is 0 Å². The molecule has 0 N–H and O–H groups in total. The van der Waals surface area contributed by atoms with Crippen molar-refractivity contribution in [2.75, 3.05) is 4.90 Å². The molecule has 1 heterocycles. The molecule has 0 spiro atoms. The van der Waals surface area contributed by atoms with E-state index in [0.717, 1.165) is 39.4 Å². The average molecular weight is 707 g/mol. The molecule has 0 aliphatic heterocycles. The van der Waals surface area contributed by atoms with Gasteiger partial charge in [-0.25, -0.2) is 4.39 Å². The number of aromatic nitrogens is 1. The van der Waals surface area contributed by atoms with Gasteiger partial charge in [0.25, 0.3) is 0 Å². The number of para-hydroxylation sites is 2. The fourth-order valence-corrected chi connectivity index (χ4v) is 7.88. The molecule has 260 valence electrons. The van der Waals surface area contributed by atoms with Crippen molar-refractivity contribution in [2.45, 2.75) is 0 Å². The lowest BCUT2D eigenvalue weighted by molar-refractivity contribution is 0.628. The molecule has 0 unspecified atom stereocenters. The van der Waals surface area contributed by atoms with Gasteiger partial charge in [-0.05, 0) is 129 Å².